The summed E-state index contributed by atoms with van der Waals surface area (Å²) in [5.41, 5.74) is 0.724. The van der Waals surface area contributed by atoms with E-state index in [1.54, 1.807) is 12.1 Å². The Morgan fingerprint density at radius 3 is 2.72 bits per heavy atom. The molecule has 1 aromatic rings. The molecule has 1 fully saturated rings. The third-order valence-corrected chi connectivity index (χ3v) is 4.08. The Balaban J connectivity index is 1.97. The highest BCUT2D eigenvalue weighted by molar-refractivity contribution is 6.31. The third kappa shape index (κ3) is 3.04. The predicted molar refractivity (Wildman–Crippen MR) is 74.6 cm³/mol. The van der Waals surface area contributed by atoms with Crippen LogP contribution in [0.25, 0.3) is 0 Å². The highest BCUT2D eigenvalue weighted by Crippen LogP contribution is 2.45. The van der Waals surface area contributed by atoms with Gasteiger partial charge in [0.2, 0.25) is 0 Å². The maximum atomic E-state index is 13.8. The summed E-state index contributed by atoms with van der Waals surface area (Å²) in [4.78, 5) is 0. The molecule has 2 atom stereocenters. The first kappa shape index (κ1) is 13.8. The summed E-state index contributed by atoms with van der Waals surface area (Å²) in [5, 5.41) is 4.04. The normalized spacial score (nSPS) is 23.2. The molecule has 1 aliphatic carbocycles. The molecule has 18 heavy (non-hydrogen) atoms. The van der Waals surface area contributed by atoms with Crippen molar-refractivity contribution in [2.45, 2.75) is 32.6 Å². The van der Waals surface area contributed by atoms with Gasteiger partial charge >= 0.3 is 0 Å². The first-order chi connectivity index (χ1) is 8.59. The number of nitrogens with one attached hydrogen (secondary N) is 1. The molecule has 2 unspecified atom stereocenters. The van der Waals surface area contributed by atoms with Crippen molar-refractivity contribution < 1.29 is 4.39 Å². The van der Waals surface area contributed by atoms with Crippen LogP contribution in [0.15, 0.2) is 18.2 Å². The monoisotopic (exact) mass is 269 g/mol. The van der Waals surface area contributed by atoms with Crippen LogP contribution in [-0.4, -0.2) is 13.1 Å². The molecule has 1 saturated carbocycles. The minimum Gasteiger partial charge on any atom is -0.316 e. The van der Waals surface area contributed by atoms with Crippen LogP contribution in [0.1, 0.15) is 38.2 Å². The van der Waals surface area contributed by atoms with Crippen LogP contribution in [0.4, 0.5) is 4.39 Å². The molecule has 0 aromatic heterocycles. The SMILES string of the molecule is CC(C)CNCC1CCC1c1c(F)cccc1Cl. The molecular weight excluding hydrogens is 249 g/mol. The van der Waals surface area contributed by atoms with Crippen molar-refractivity contribution in [3.05, 3.63) is 34.6 Å². The quantitative estimate of drug-likeness (QED) is 0.844. The molecular formula is C15H21ClFN. The minimum atomic E-state index is -0.152. The van der Waals surface area contributed by atoms with E-state index in [1.807, 2.05) is 0 Å². The second-order valence-electron chi connectivity index (χ2n) is 5.63. The molecule has 1 nitrogen and oxygen atoms in total. The van der Waals surface area contributed by atoms with Gasteiger partial charge in [0.15, 0.2) is 0 Å². The van der Waals surface area contributed by atoms with E-state index < -0.39 is 0 Å². The summed E-state index contributed by atoms with van der Waals surface area (Å²) >= 11 is 6.13. The fourth-order valence-electron chi connectivity index (χ4n) is 2.62. The second-order valence-corrected chi connectivity index (χ2v) is 6.04. The Labute approximate surface area is 114 Å². The van der Waals surface area contributed by atoms with Crippen molar-refractivity contribution in [3.63, 3.8) is 0 Å². The lowest BCUT2D eigenvalue weighted by Crippen LogP contribution is -2.35. The fraction of sp³-hybridized carbons (Fsp3) is 0.600. The summed E-state index contributed by atoms with van der Waals surface area (Å²) in [6, 6.07) is 4.97. The topological polar surface area (TPSA) is 12.0 Å². The number of hydrogen-bond donors (Lipinski definition) is 1. The van der Waals surface area contributed by atoms with E-state index in [1.165, 1.54) is 12.5 Å². The minimum absolute atomic E-state index is 0.152. The number of rotatable bonds is 5. The van der Waals surface area contributed by atoms with Crippen LogP contribution >= 0.6 is 11.6 Å². The Morgan fingerprint density at radius 1 is 1.39 bits per heavy atom. The maximum Gasteiger partial charge on any atom is 0.128 e. The number of halogens is 2. The van der Waals surface area contributed by atoms with Crippen LogP contribution in [0.3, 0.4) is 0 Å². The number of hydrogen-bond acceptors (Lipinski definition) is 1. The van der Waals surface area contributed by atoms with Crippen molar-refractivity contribution in [3.8, 4) is 0 Å². The zero-order valence-electron chi connectivity index (χ0n) is 11.0. The summed E-state index contributed by atoms with van der Waals surface area (Å²) in [5.74, 6) is 1.32. The van der Waals surface area contributed by atoms with Crippen molar-refractivity contribution >= 4 is 11.6 Å². The number of benzene rings is 1. The average molecular weight is 270 g/mol. The Kier molecular flexibility index (Phi) is 4.63. The lowest BCUT2D eigenvalue weighted by Gasteiger charge is -2.38. The van der Waals surface area contributed by atoms with Crippen molar-refractivity contribution in [1.29, 1.82) is 0 Å². The molecule has 0 radical (unpaired) electrons. The summed E-state index contributed by atoms with van der Waals surface area (Å²) in [6.07, 6.45) is 2.22. The van der Waals surface area contributed by atoms with Gasteiger partial charge in [0.25, 0.3) is 0 Å². The van der Waals surface area contributed by atoms with Gasteiger partial charge in [-0.1, -0.05) is 31.5 Å². The van der Waals surface area contributed by atoms with Crippen molar-refractivity contribution in [2.75, 3.05) is 13.1 Å². The summed E-state index contributed by atoms with van der Waals surface area (Å²) in [7, 11) is 0. The predicted octanol–water partition coefficient (Wildman–Crippen LogP) is 4.22. The average Bonchev–Trinajstić information content (AvgIpc) is 2.27. The van der Waals surface area contributed by atoms with Gasteiger partial charge in [-0.15, -0.1) is 0 Å². The standard InChI is InChI=1S/C15H21ClFN/c1-10(2)8-18-9-11-6-7-12(11)15-13(16)4-3-5-14(15)17/h3-5,10-12,18H,6-9H2,1-2H3. The smallest absolute Gasteiger partial charge is 0.128 e. The molecule has 1 aromatic carbocycles. The van der Waals surface area contributed by atoms with Gasteiger partial charge in [-0.25, -0.2) is 4.39 Å². The van der Waals surface area contributed by atoms with Gasteiger partial charge in [-0.2, -0.15) is 0 Å². The van der Waals surface area contributed by atoms with Crippen LogP contribution in [-0.2, 0) is 0 Å². The van der Waals surface area contributed by atoms with Crippen molar-refractivity contribution in [1.82, 2.24) is 5.32 Å². The fourth-order valence-corrected chi connectivity index (χ4v) is 2.92. The van der Waals surface area contributed by atoms with E-state index in [0.29, 0.717) is 22.8 Å². The van der Waals surface area contributed by atoms with E-state index in [4.69, 9.17) is 11.6 Å². The molecule has 0 bridgehead atoms. The molecule has 100 valence electrons. The van der Waals surface area contributed by atoms with Gasteiger partial charge in [-0.3, -0.25) is 0 Å². The zero-order chi connectivity index (χ0) is 13.1. The van der Waals surface area contributed by atoms with E-state index in [9.17, 15) is 4.39 Å². The van der Waals surface area contributed by atoms with Crippen LogP contribution < -0.4 is 5.32 Å². The molecule has 0 saturated heterocycles. The van der Waals surface area contributed by atoms with Crippen LogP contribution in [0.2, 0.25) is 5.02 Å². The van der Waals surface area contributed by atoms with E-state index >= 15 is 0 Å². The van der Waals surface area contributed by atoms with E-state index in [0.717, 1.165) is 25.1 Å². The Bertz CT molecular complexity index is 385. The van der Waals surface area contributed by atoms with Gasteiger partial charge in [0, 0.05) is 10.6 Å². The van der Waals surface area contributed by atoms with Gasteiger partial charge in [0.05, 0.1) is 0 Å². The first-order valence-electron chi connectivity index (χ1n) is 6.74. The molecule has 1 N–H and O–H groups in total. The molecule has 1 aliphatic rings. The second kappa shape index (κ2) is 6.03. The molecule has 3 heteroatoms. The highest BCUT2D eigenvalue weighted by Gasteiger charge is 2.34. The third-order valence-electron chi connectivity index (χ3n) is 3.75. The molecule has 0 spiro atoms. The lowest BCUT2D eigenvalue weighted by atomic mass is 9.69. The Hall–Kier alpha value is -0.600. The summed E-state index contributed by atoms with van der Waals surface area (Å²) in [6.45, 7) is 6.37. The molecule has 2 rings (SSSR count). The van der Waals surface area contributed by atoms with E-state index in [2.05, 4.69) is 19.2 Å². The van der Waals surface area contributed by atoms with Gasteiger partial charge in [0.1, 0.15) is 5.82 Å². The highest BCUT2D eigenvalue weighted by atomic mass is 35.5. The molecule has 0 heterocycles. The van der Waals surface area contributed by atoms with E-state index in [-0.39, 0.29) is 5.82 Å². The van der Waals surface area contributed by atoms with Crippen molar-refractivity contribution in [2.24, 2.45) is 11.8 Å². The molecule has 0 amide bonds. The largest absolute Gasteiger partial charge is 0.316 e. The zero-order valence-corrected chi connectivity index (χ0v) is 11.8. The maximum absolute atomic E-state index is 13.8. The Morgan fingerprint density at radius 2 is 2.17 bits per heavy atom. The first-order valence-corrected chi connectivity index (χ1v) is 7.12. The van der Waals surface area contributed by atoms with Crippen LogP contribution in [0.5, 0.6) is 0 Å². The van der Waals surface area contributed by atoms with Crippen LogP contribution in [0, 0.1) is 17.7 Å². The van der Waals surface area contributed by atoms with Gasteiger partial charge in [-0.05, 0) is 55.8 Å². The molecule has 0 aliphatic heterocycles. The van der Waals surface area contributed by atoms with Gasteiger partial charge < -0.3 is 5.32 Å². The summed E-state index contributed by atoms with van der Waals surface area (Å²) < 4.78 is 13.8. The lowest BCUT2D eigenvalue weighted by molar-refractivity contribution is 0.238.